The highest BCUT2D eigenvalue weighted by molar-refractivity contribution is 6.39. The summed E-state index contributed by atoms with van der Waals surface area (Å²) in [6.07, 6.45) is -41.8. The number of phenolic OH excluding ortho intramolecular Hbond substituents is 3. The van der Waals surface area contributed by atoms with Gasteiger partial charge in [0.05, 0.1) is 86.6 Å². The van der Waals surface area contributed by atoms with Crippen LogP contribution >= 0.6 is 23.2 Å². The Labute approximate surface area is 639 Å². The van der Waals surface area contributed by atoms with Crippen LogP contribution in [-0.4, -0.2) is 337 Å². The highest BCUT2D eigenvalue weighted by atomic mass is 35.5. The number of nitrogens with zero attached hydrogens (tertiary/aromatic N) is 1. The van der Waals surface area contributed by atoms with Gasteiger partial charge in [-0.15, -0.1) is 0 Å². The first-order valence-electron chi connectivity index (χ1n) is 36.0. The predicted octanol–water partition coefficient (Wildman–Crippen LogP) is 0.520. The van der Waals surface area contributed by atoms with E-state index in [-0.39, 0.29) is 88.5 Å². The third kappa shape index (κ3) is 15.3. The van der Waals surface area contributed by atoms with E-state index < -0.39 is 243 Å². The van der Waals surface area contributed by atoms with Crippen molar-refractivity contribution in [1.29, 1.82) is 0 Å². The summed E-state index contributed by atoms with van der Waals surface area (Å²) < 4.78 is 154. The molecule has 2 aromatic rings. The van der Waals surface area contributed by atoms with Gasteiger partial charge in [0.1, 0.15) is 132 Å². The molecule has 620 valence electrons. The van der Waals surface area contributed by atoms with Crippen LogP contribution in [-0.2, 0) is 114 Å². The summed E-state index contributed by atoms with van der Waals surface area (Å²) in [5.41, 5.74) is -3.68. The van der Waals surface area contributed by atoms with Crippen molar-refractivity contribution in [3.63, 3.8) is 0 Å². The standard InChI is InChI=1S/C69H96Cl2NO38/c1-23-14-30(73)15-31(74)39(23)60(82)99-35-21-93-69(59-52(35)91-22-92-59)107-36-20-90-62(45(78)51(36)108-69)105-64-55(89-13)44(77)50(34(100-64)19-86-10)103-63-46(79)54(49(87-11)26(4)96-63)104-65-57(81)67(9)58(29(7)97-65)109-68(110-67)17-32(75)47(27(5)106-68)101-37-16-33(98-38-18-66(8,72(84)85)56(80)28(6)95-38)48(25(3)94-37)102-61(83)40-24(2)41(70)43(76)42(71)53(40)88-12/h14-15,25-29,32-38,44-52,54-59,62-65,73-81,84H,16-22H2,1-13H3/q-1. The van der Waals surface area contributed by atoms with E-state index in [4.69, 9.17) is 142 Å². The number of halogens is 2. The smallest absolute Gasteiger partial charge is 0.342 e. The van der Waals surface area contributed by atoms with Crippen molar-refractivity contribution in [1.82, 2.24) is 5.23 Å². The van der Waals surface area contributed by atoms with E-state index in [1.54, 1.807) is 27.7 Å². The number of hydrogen-bond donors (Lipinski definition) is 10. The average molecular weight is 1620 g/mol. The zero-order valence-electron chi connectivity index (χ0n) is 62.1. The van der Waals surface area contributed by atoms with Gasteiger partial charge in [-0.05, 0) is 79.5 Å². The van der Waals surface area contributed by atoms with Crippen LogP contribution in [0.4, 0.5) is 0 Å². The molecule has 13 rings (SSSR count). The van der Waals surface area contributed by atoms with E-state index in [2.05, 4.69) is 0 Å². The van der Waals surface area contributed by atoms with E-state index in [1.807, 2.05) is 0 Å². The van der Waals surface area contributed by atoms with Gasteiger partial charge >= 0.3 is 17.9 Å². The molecule has 0 aromatic heterocycles. The number of aliphatic hydroxyl groups excluding tert-OH is 6. The zero-order valence-corrected chi connectivity index (χ0v) is 63.6. The minimum absolute atomic E-state index is 0.0616. The molecular formula is C69H96Cl2NO38-. The fourth-order valence-corrected chi connectivity index (χ4v) is 17.1. The van der Waals surface area contributed by atoms with Gasteiger partial charge in [-0.3, -0.25) is 5.23 Å². The largest absolute Gasteiger partial charge is 0.762 e. The Morgan fingerprint density at radius 3 is 1.98 bits per heavy atom. The molecule has 2 aromatic carbocycles. The van der Waals surface area contributed by atoms with E-state index in [0.29, 0.717) is 0 Å². The van der Waals surface area contributed by atoms with Crippen molar-refractivity contribution >= 4 is 35.1 Å². The number of benzene rings is 2. The lowest BCUT2D eigenvalue weighted by Gasteiger charge is -2.52. The van der Waals surface area contributed by atoms with Crippen LogP contribution in [0.1, 0.15) is 99.6 Å². The van der Waals surface area contributed by atoms with Crippen LogP contribution in [0.2, 0.25) is 10.0 Å². The molecule has 0 amide bonds. The Balaban J connectivity index is 0.643. The lowest BCUT2D eigenvalue weighted by atomic mass is 9.85. The number of hydrogen-bond acceptors (Lipinski definition) is 39. The van der Waals surface area contributed by atoms with Crippen LogP contribution in [0, 0.1) is 19.1 Å². The van der Waals surface area contributed by atoms with E-state index in [9.17, 15) is 66.0 Å². The molecule has 11 aliphatic heterocycles. The Bertz CT molecular complexity index is 3560. The van der Waals surface area contributed by atoms with Crippen LogP contribution in [0.5, 0.6) is 23.0 Å². The summed E-state index contributed by atoms with van der Waals surface area (Å²) >= 11 is 12.8. The molecule has 39 nitrogen and oxygen atoms in total. The summed E-state index contributed by atoms with van der Waals surface area (Å²) in [7, 11) is 5.18. The normalized spacial score (nSPS) is 46.1. The van der Waals surface area contributed by atoms with Gasteiger partial charge in [0, 0.05) is 40.2 Å². The summed E-state index contributed by atoms with van der Waals surface area (Å²) in [6, 6.07) is 2.28. The minimum Gasteiger partial charge on any atom is -0.762 e. The van der Waals surface area contributed by atoms with E-state index in [1.165, 1.54) is 69.1 Å². The summed E-state index contributed by atoms with van der Waals surface area (Å²) in [4.78, 5) is 27.6. The van der Waals surface area contributed by atoms with Crippen molar-refractivity contribution in [2.45, 2.75) is 295 Å². The van der Waals surface area contributed by atoms with Crippen molar-refractivity contribution in [3.05, 3.63) is 49.6 Å². The van der Waals surface area contributed by atoms with Gasteiger partial charge in [0.2, 0.25) is 0 Å². The molecule has 110 heavy (non-hydrogen) atoms. The summed E-state index contributed by atoms with van der Waals surface area (Å²) in [6.45, 7) is 12.4. The molecule has 11 aliphatic rings. The average Bonchev–Trinajstić information content (AvgIpc) is 1.56. The number of aliphatic hydroxyl groups is 6. The molecule has 0 radical (unpaired) electrons. The molecule has 10 N–H and O–H groups in total. The number of aryl methyl sites for hydroxylation is 1. The number of methoxy groups -OCH3 is 4. The number of esters is 2. The Hall–Kier alpha value is -4.08. The monoisotopic (exact) mass is 1620 g/mol. The summed E-state index contributed by atoms with van der Waals surface area (Å²) in [5.74, 6) is -7.57. The molecule has 35 atom stereocenters. The van der Waals surface area contributed by atoms with Gasteiger partial charge in [-0.1, -0.05) is 23.2 Å². The molecule has 2 spiro atoms. The molecular weight excluding hydrogens is 1520 g/mol. The SMILES string of the molecule is COCC1OC(OC2OCC3OC4(OCC(OC(=O)c5c(C)cc(O)cc5O)C5OCOC54)OC3C2O)C(OC)C(O)C1OC1OC(C)C(OC)C(OC2OC(C)C3OC4(CC(O)C(OC5CC(OC6CC(C)(N([O-])O)C(O)C(C)O6)C(OC(=O)c6c(C)c(Cl)c(O)c(Cl)c6OC)C(C)O5)C(C)O4)OC3(C)C2O)C1O. The van der Waals surface area contributed by atoms with Gasteiger partial charge in [-0.2, -0.15) is 0 Å². The van der Waals surface area contributed by atoms with Gasteiger partial charge in [0.15, 0.2) is 67.6 Å². The molecule has 11 fully saturated rings. The second kappa shape index (κ2) is 32.8. The third-order valence-electron chi connectivity index (χ3n) is 22.3. The van der Waals surface area contributed by atoms with Gasteiger partial charge < -0.3 is 175 Å². The molecule has 11 heterocycles. The van der Waals surface area contributed by atoms with Crippen molar-refractivity contribution in [2.24, 2.45) is 0 Å². The third-order valence-corrected chi connectivity index (χ3v) is 23.1. The fourth-order valence-electron chi connectivity index (χ4n) is 16.6. The van der Waals surface area contributed by atoms with Crippen molar-refractivity contribution < 1.29 is 179 Å². The molecule has 0 aliphatic carbocycles. The molecule has 0 bridgehead atoms. The predicted molar refractivity (Wildman–Crippen MR) is 358 cm³/mol. The van der Waals surface area contributed by atoms with E-state index >= 15 is 0 Å². The Morgan fingerprint density at radius 2 is 1.30 bits per heavy atom. The first kappa shape index (κ1) is 83.9. The van der Waals surface area contributed by atoms with Crippen LogP contribution < -0.4 is 4.74 Å². The zero-order chi connectivity index (χ0) is 79.4. The van der Waals surface area contributed by atoms with Crippen LogP contribution in [0.3, 0.4) is 0 Å². The van der Waals surface area contributed by atoms with Crippen molar-refractivity contribution in [3.8, 4) is 23.0 Å². The maximum atomic E-state index is 14.2. The number of fused-ring (bicyclic) bond motifs is 4. The maximum absolute atomic E-state index is 14.2. The quantitative estimate of drug-likeness (QED) is 0.0638. The summed E-state index contributed by atoms with van der Waals surface area (Å²) in [5, 5.41) is 125. The lowest BCUT2D eigenvalue weighted by molar-refractivity contribution is -0.415. The minimum atomic E-state index is -2.07. The topological polar surface area (TPSA) is 493 Å². The molecule has 41 heteroatoms. The number of ether oxygens (including phenoxy) is 25. The van der Waals surface area contributed by atoms with Gasteiger partial charge in [-0.25, -0.2) is 9.59 Å². The van der Waals surface area contributed by atoms with E-state index in [0.717, 1.165) is 6.07 Å². The van der Waals surface area contributed by atoms with Gasteiger partial charge in [0.25, 0.3) is 5.97 Å². The Morgan fingerprint density at radius 1 is 0.609 bits per heavy atom. The Kier molecular flexibility index (Phi) is 25.0. The molecule has 0 saturated carbocycles. The number of carbonyl (C=O) groups excluding carboxylic acids is 2. The highest BCUT2D eigenvalue weighted by Gasteiger charge is 2.70. The van der Waals surface area contributed by atoms with Crippen molar-refractivity contribution in [2.75, 3.05) is 55.1 Å². The number of hydroxylamine groups is 2. The number of aromatic hydroxyl groups is 3. The second-order valence-corrected chi connectivity index (χ2v) is 30.4. The molecule has 35 unspecified atom stereocenters. The van der Waals surface area contributed by atoms with Crippen LogP contribution in [0.15, 0.2) is 12.1 Å². The fraction of sp³-hybridized carbons (Fsp3) is 0.797. The maximum Gasteiger partial charge on any atom is 0.342 e. The first-order valence-corrected chi connectivity index (χ1v) is 36.7. The second-order valence-electron chi connectivity index (χ2n) is 29.7. The number of carbonyl (C=O) groups is 2. The first-order chi connectivity index (χ1) is 52.0. The number of rotatable bonds is 20. The number of phenols is 3. The highest BCUT2D eigenvalue weighted by Crippen LogP contribution is 2.53. The lowest BCUT2D eigenvalue weighted by Crippen LogP contribution is -2.68. The molecule has 11 saturated heterocycles. The van der Waals surface area contributed by atoms with Crippen LogP contribution in [0.25, 0.3) is 0 Å².